The Morgan fingerprint density at radius 1 is 1.00 bits per heavy atom. The lowest BCUT2D eigenvalue weighted by atomic mass is 10.2. The number of aromatic nitrogens is 1. The molecule has 39 heavy (non-hydrogen) atoms. The molecular formula is C25H22N4O7S3. The van der Waals surface area contributed by atoms with Crippen molar-refractivity contribution < 1.29 is 31.2 Å². The first-order valence-electron chi connectivity index (χ1n) is 11.5. The SMILES string of the molecule is COC(=O)Cn1c(=NC(=O)c2ccc(S(=O)(=O)N3CCc4ccccc43)cc2)sc2cc(S(N)(=O)=O)ccc21. The first-order chi connectivity index (χ1) is 18.5. The van der Waals surface area contributed by atoms with Gasteiger partial charge in [-0.2, -0.15) is 4.99 Å². The fourth-order valence-corrected chi connectivity index (χ4v) is 7.45. The molecule has 2 N–H and O–H groups in total. The number of rotatable bonds is 6. The van der Waals surface area contributed by atoms with Crippen molar-refractivity contribution in [1.82, 2.24) is 4.57 Å². The number of amides is 1. The average molecular weight is 587 g/mol. The van der Waals surface area contributed by atoms with Crippen LogP contribution in [0.5, 0.6) is 0 Å². The van der Waals surface area contributed by atoms with Crippen molar-refractivity contribution in [3.8, 4) is 0 Å². The van der Waals surface area contributed by atoms with E-state index in [0.29, 0.717) is 28.9 Å². The maximum absolute atomic E-state index is 13.3. The Bertz CT molecular complexity index is 1910. The number of methoxy groups -OCH3 is 1. The maximum Gasteiger partial charge on any atom is 0.325 e. The van der Waals surface area contributed by atoms with E-state index in [9.17, 15) is 26.4 Å². The summed E-state index contributed by atoms with van der Waals surface area (Å²) in [5.74, 6) is -1.28. The van der Waals surface area contributed by atoms with E-state index in [1.165, 1.54) is 58.4 Å². The predicted molar refractivity (Wildman–Crippen MR) is 144 cm³/mol. The fourth-order valence-electron chi connectivity index (χ4n) is 4.27. The summed E-state index contributed by atoms with van der Waals surface area (Å²) in [6.45, 7) is 0.0584. The number of para-hydroxylation sites is 1. The summed E-state index contributed by atoms with van der Waals surface area (Å²) in [5.41, 5.74) is 2.17. The lowest BCUT2D eigenvalue weighted by Crippen LogP contribution is -2.29. The molecule has 0 fully saturated rings. The normalized spacial score (nSPS) is 14.0. The summed E-state index contributed by atoms with van der Waals surface area (Å²) in [6, 6.07) is 16.8. The van der Waals surface area contributed by atoms with Gasteiger partial charge in [-0.05, 0) is 60.5 Å². The standard InChI is InChI=1S/C25H22N4O7S3/c1-36-23(30)15-28-21-11-10-19(38(26,32)33)14-22(21)37-25(28)27-24(31)17-6-8-18(9-7-17)39(34,35)29-13-12-16-4-2-3-5-20(16)29/h2-11,14H,12-13,15H2,1H3,(H2,26,32,33). The molecule has 14 heteroatoms. The van der Waals surface area contributed by atoms with Gasteiger partial charge in [0.25, 0.3) is 15.9 Å². The molecular weight excluding hydrogens is 564 g/mol. The summed E-state index contributed by atoms with van der Waals surface area (Å²) < 4.78 is 58.0. The Kier molecular flexibility index (Phi) is 6.88. The van der Waals surface area contributed by atoms with Crippen LogP contribution in [0.2, 0.25) is 0 Å². The van der Waals surface area contributed by atoms with Crippen molar-refractivity contribution in [2.24, 2.45) is 10.1 Å². The smallest absolute Gasteiger partial charge is 0.325 e. The van der Waals surface area contributed by atoms with Crippen LogP contribution in [0.15, 0.2) is 81.5 Å². The number of esters is 1. The Morgan fingerprint density at radius 2 is 1.69 bits per heavy atom. The van der Waals surface area contributed by atoms with E-state index in [4.69, 9.17) is 9.88 Å². The number of fused-ring (bicyclic) bond motifs is 2. The fraction of sp³-hybridized carbons (Fsp3) is 0.160. The molecule has 202 valence electrons. The number of sulfonamides is 2. The average Bonchev–Trinajstić information content (AvgIpc) is 3.49. The number of benzene rings is 3. The number of nitrogens with zero attached hydrogens (tertiary/aromatic N) is 3. The van der Waals surface area contributed by atoms with E-state index in [0.717, 1.165) is 16.9 Å². The van der Waals surface area contributed by atoms with Gasteiger partial charge in [0.05, 0.1) is 32.8 Å². The third-order valence-corrected chi connectivity index (χ3v) is 10.0. The number of carbonyl (C=O) groups excluding carboxylic acids is 2. The molecule has 3 aromatic carbocycles. The third-order valence-electron chi connectivity index (χ3n) is 6.23. The zero-order valence-corrected chi connectivity index (χ0v) is 22.9. The summed E-state index contributed by atoms with van der Waals surface area (Å²) in [5, 5.41) is 5.23. The van der Waals surface area contributed by atoms with E-state index in [2.05, 4.69) is 4.99 Å². The van der Waals surface area contributed by atoms with Gasteiger partial charge in [-0.25, -0.2) is 22.0 Å². The van der Waals surface area contributed by atoms with Gasteiger partial charge in [0, 0.05) is 12.1 Å². The first-order valence-corrected chi connectivity index (χ1v) is 15.3. The number of primary sulfonamides is 1. The number of ether oxygens (including phenoxy) is 1. The molecule has 0 radical (unpaired) electrons. The van der Waals surface area contributed by atoms with Crippen molar-refractivity contribution >= 4 is 59.2 Å². The van der Waals surface area contributed by atoms with Crippen LogP contribution in [0.4, 0.5) is 5.69 Å². The van der Waals surface area contributed by atoms with Crippen LogP contribution in [-0.4, -0.2) is 46.9 Å². The van der Waals surface area contributed by atoms with Gasteiger partial charge in [0.1, 0.15) is 6.54 Å². The highest BCUT2D eigenvalue weighted by Crippen LogP contribution is 2.32. The summed E-state index contributed by atoms with van der Waals surface area (Å²) >= 11 is 0.992. The minimum atomic E-state index is -3.97. The van der Waals surface area contributed by atoms with Crippen LogP contribution in [-0.2, 0) is 42.5 Å². The molecule has 1 aliphatic rings. The predicted octanol–water partition coefficient (Wildman–Crippen LogP) is 2.02. The largest absolute Gasteiger partial charge is 0.468 e. The molecule has 0 bridgehead atoms. The molecule has 0 saturated carbocycles. The Labute approximate surface area is 227 Å². The molecule has 5 rings (SSSR count). The maximum atomic E-state index is 13.3. The summed E-state index contributed by atoms with van der Waals surface area (Å²) in [7, 11) is -6.59. The molecule has 0 unspecified atom stereocenters. The van der Waals surface area contributed by atoms with Crippen molar-refractivity contribution in [2.75, 3.05) is 18.0 Å². The molecule has 2 heterocycles. The second-order valence-electron chi connectivity index (χ2n) is 8.62. The van der Waals surface area contributed by atoms with Gasteiger partial charge in [-0.1, -0.05) is 29.5 Å². The van der Waals surface area contributed by atoms with Gasteiger partial charge in [0.2, 0.25) is 10.0 Å². The molecule has 1 amide bonds. The van der Waals surface area contributed by atoms with Crippen molar-refractivity contribution in [2.45, 2.75) is 22.8 Å². The van der Waals surface area contributed by atoms with Gasteiger partial charge < -0.3 is 9.30 Å². The minimum Gasteiger partial charge on any atom is -0.468 e. The van der Waals surface area contributed by atoms with Crippen LogP contribution in [0.3, 0.4) is 0 Å². The molecule has 0 atom stereocenters. The lowest BCUT2D eigenvalue weighted by molar-refractivity contribution is -0.141. The van der Waals surface area contributed by atoms with Crippen molar-refractivity contribution in [3.63, 3.8) is 0 Å². The zero-order valence-electron chi connectivity index (χ0n) is 20.5. The highest BCUT2D eigenvalue weighted by molar-refractivity contribution is 7.92. The van der Waals surface area contributed by atoms with Gasteiger partial charge >= 0.3 is 5.97 Å². The van der Waals surface area contributed by atoms with E-state index < -0.39 is 31.9 Å². The molecule has 1 aromatic heterocycles. The molecule has 0 saturated heterocycles. The van der Waals surface area contributed by atoms with Crippen LogP contribution in [0.25, 0.3) is 10.2 Å². The van der Waals surface area contributed by atoms with Crippen LogP contribution < -0.4 is 14.2 Å². The quantitative estimate of drug-likeness (QED) is 0.339. The van der Waals surface area contributed by atoms with Crippen LogP contribution in [0.1, 0.15) is 15.9 Å². The molecule has 11 nitrogen and oxygen atoms in total. The number of carbonyl (C=O) groups is 2. The lowest BCUT2D eigenvalue weighted by Gasteiger charge is -2.19. The summed E-state index contributed by atoms with van der Waals surface area (Å²) in [6.07, 6.45) is 0.615. The van der Waals surface area contributed by atoms with Crippen molar-refractivity contribution in [1.29, 1.82) is 0 Å². The zero-order chi connectivity index (χ0) is 27.9. The first kappa shape index (κ1) is 26.7. The number of hydrogen-bond donors (Lipinski definition) is 1. The second-order valence-corrected chi connectivity index (χ2v) is 13.1. The molecule has 1 aliphatic heterocycles. The minimum absolute atomic E-state index is 0.0360. The number of anilines is 1. The van der Waals surface area contributed by atoms with Gasteiger partial charge in [0.15, 0.2) is 4.80 Å². The molecule has 4 aromatic rings. The highest BCUT2D eigenvalue weighted by Gasteiger charge is 2.30. The second kappa shape index (κ2) is 10.0. The molecule has 0 spiro atoms. The van der Waals surface area contributed by atoms with Gasteiger partial charge in [-0.15, -0.1) is 0 Å². The topological polar surface area (TPSA) is 158 Å². The third kappa shape index (κ3) is 5.11. The number of nitrogens with two attached hydrogens (primary N) is 1. The molecule has 0 aliphatic carbocycles. The monoisotopic (exact) mass is 586 g/mol. The Balaban J connectivity index is 1.50. The van der Waals surface area contributed by atoms with E-state index in [-0.39, 0.29) is 26.7 Å². The highest BCUT2D eigenvalue weighted by atomic mass is 32.2. The van der Waals surface area contributed by atoms with Gasteiger partial charge in [-0.3, -0.25) is 13.9 Å². The summed E-state index contributed by atoms with van der Waals surface area (Å²) in [4.78, 5) is 29.2. The van der Waals surface area contributed by atoms with E-state index in [1.54, 1.807) is 12.1 Å². The number of hydrogen-bond acceptors (Lipinski definition) is 8. The van der Waals surface area contributed by atoms with Crippen molar-refractivity contribution in [3.05, 3.63) is 82.7 Å². The van der Waals surface area contributed by atoms with Crippen LogP contribution in [0, 0.1) is 0 Å². The Morgan fingerprint density at radius 3 is 2.38 bits per heavy atom. The van der Waals surface area contributed by atoms with E-state index >= 15 is 0 Å². The van der Waals surface area contributed by atoms with Crippen LogP contribution >= 0.6 is 11.3 Å². The number of thiazole rings is 1. The van der Waals surface area contributed by atoms with E-state index in [1.807, 2.05) is 12.1 Å². The Hall–Kier alpha value is -3.85.